The van der Waals surface area contributed by atoms with Crippen molar-refractivity contribution >= 4 is 11.9 Å². The highest BCUT2D eigenvalue weighted by Crippen LogP contribution is 2.35. The van der Waals surface area contributed by atoms with Crippen LogP contribution in [0.4, 0.5) is 8.78 Å². The summed E-state index contributed by atoms with van der Waals surface area (Å²) < 4.78 is 37.0. The van der Waals surface area contributed by atoms with Gasteiger partial charge in [0.25, 0.3) is 0 Å². The molecule has 140 valence electrons. The first-order valence-corrected chi connectivity index (χ1v) is 10.5. The van der Waals surface area contributed by atoms with Crippen LogP contribution in [0.5, 0.6) is 0 Å². The van der Waals surface area contributed by atoms with Gasteiger partial charge >= 0.3 is 0 Å². The molecule has 2 atom stereocenters. The van der Waals surface area contributed by atoms with Crippen LogP contribution in [-0.4, -0.2) is 37.6 Å². The Morgan fingerprint density at radius 3 is 2.76 bits per heavy atom. The van der Waals surface area contributed by atoms with Gasteiger partial charge in [-0.3, -0.25) is 4.72 Å². The number of rotatable bonds is 6. The topological polar surface area (TPSA) is 33.3 Å². The van der Waals surface area contributed by atoms with Crippen molar-refractivity contribution < 1.29 is 13.5 Å². The molecular weight excluding hydrogens is 342 g/mol. The van der Waals surface area contributed by atoms with E-state index in [1.54, 1.807) is 24.1 Å². The fourth-order valence-electron chi connectivity index (χ4n) is 4.04. The Balaban J connectivity index is 1.47. The van der Waals surface area contributed by atoms with E-state index in [4.69, 9.17) is 4.74 Å². The molecule has 1 saturated heterocycles. The molecular formula is C19H28F2N2OS. The molecule has 1 aromatic carbocycles. The van der Waals surface area contributed by atoms with Crippen molar-refractivity contribution in [2.45, 2.75) is 62.6 Å². The van der Waals surface area contributed by atoms with Crippen molar-refractivity contribution in [2.75, 3.05) is 19.4 Å². The van der Waals surface area contributed by atoms with Gasteiger partial charge in [0.05, 0.1) is 12.7 Å². The van der Waals surface area contributed by atoms with Gasteiger partial charge < -0.3 is 10.1 Å². The van der Waals surface area contributed by atoms with E-state index in [-0.39, 0.29) is 12.0 Å². The first-order chi connectivity index (χ1) is 12.2. The second-order valence-electron chi connectivity index (χ2n) is 7.08. The summed E-state index contributed by atoms with van der Waals surface area (Å²) in [4.78, 5) is 0. The molecule has 1 aromatic rings. The lowest BCUT2D eigenvalue weighted by molar-refractivity contribution is 0.00519. The third-order valence-electron chi connectivity index (χ3n) is 5.46. The summed E-state index contributed by atoms with van der Waals surface area (Å²) in [6, 6.07) is 5.30. The molecule has 0 amide bonds. The maximum absolute atomic E-state index is 14.0. The number of hydrogen-bond acceptors (Lipinski definition) is 4. The fraction of sp³-hybridized carbons (Fsp3) is 0.684. The highest BCUT2D eigenvalue weighted by molar-refractivity contribution is 7.96. The molecule has 1 saturated carbocycles. The van der Waals surface area contributed by atoms with Gasteiger partial charge in [-0.05, 0) is 68.9 Å². The van der Waals surface area contributed by atoms with Crippen molar-refractivity contribution in [3.63, 3.8) is 0 Å². The molecule has 0 bridgehead atoms. The molecule has 1 aliphatic carbocycles. The van der Waals surface area contributed by atoms with E-state index in [0.29, 0.717) is 24.3 Å². The van der Waals surface area contributed by atoms with Crippen LogP contribution in [0.25, 0.3) is 0 Å². The Morgan fingerprint density at radius 2 is 2.00 bits per heavy atom. The van der Waals surface area contributed by atoms with Crippen molar-refractivity contribution in [3.05, 3.63) is 35.4 Å². The molecule has 2 N–H and O–H groups in total. The van der Waals surface area contributed by atoms with Crippen molar-refractivity contribution in [2.24, 2.45) is 0 Å². The van der Waals surface area contributed by atoms with E-state index in [2.05, 4.69) is 16.3 Å². The van der Waals surface area contributed by atoms with E-state index in [0.717, 1.165) is 32.2 Å². The maximum Gasteiger partial charge on any atom is 0.162 e. The molecule has 2 aliphatic rings. The Hall–Kier alpha value is -0.690. The molecule has 0 aromatic heterocycles. The molecule has 3 nitrogen and oxygen atoms in total. The van der Waals surface area contributed by atoms with Gasteiger partial charge in [-0.15, -0.1) is 0 Å². The average Bonchev–Trinajstić information content (AvgIpc) is 2.64. The summed E-state index contributed by atoms with van der Waals surface area (Å²) in [5.74, 6) is -1.31. The van der Waals surface area contributed by atoms with Gasteiger partial charge in [0, 0.05) is 12.1 Å². The third kappa shape index (κ3) is 4.94. The number of benzene rings is 1. The van der Waals surface area contributed by atoms with Gasteiger partial charge in [0.1, 0.15) is 0 Å². The number of hydrogen-bond donors (Lipinski definition) is 2. The molecule has 1 heterocycles. The summed E-state index contributed by atoms with van der Waals surface area (Å²) >= 11 is 1.66. The molecule has 2 fully saturated rings. The van der Waals surface area contributed by atoms with Crippen LogP contribution in [0.3, 0.4) is 0 Å². The lowest BCUT2D eigenvalue weighted by Gasteiger charge is -2.35. The van der Waals surface area contributed by atoms with Gasteiger partial charge in [0.2, 0.25) is 0 Å². The summed E-state index contributed by atoms with van der Waals surface area (Å²) in [5, 5.41) is 3.55. The summed E-state index contributed by atoms with van der Waals surface area (Å²) in [5.41, 5.74) is 0.525. The standard InChI is InChI=1S/C19H28F2N2OS/c1-25-23-17-6-3-11-22-18(17)12-24-14-9-7-13(8-10-14)15-4-2-5-16(20)19(15)21/h2,4-5,13-14,17-18,22-23H,3,6-12H2,1H3/t13?,14?,17-,18-/m0/s1. The Labute approximate surface area is 153 Å². The molecule has 3 rings (SSSR count). The van der Waals surface area contributed by atoms with Crippen molar-refractivity contribution in [1.82, 2.24) is 10.0 Å². The molecule has 0 unspecified atom stereocenters. The highest BCUT2D eigenvalue weighted by atomic mass is 32.2. The first kappa shape index (κ1) is 19.1. The zero-order valence-electron chi connectivity index (χ0n) is 14.8. The lowest BCUT2D eigenvalue weighted by atomic mass is 9.82. The number of nitrogens with one attached hydrogen (secondary N) is 2. The van der Waals surface area contributed by atoms with E-state index in [1.807, 2.05) is 0 Å². The van der Waals surface area contributed by atoms with Crippen LogP contribution in [0, 0.1) is 11.6 Å². The molecule has 1 aliphatic heterocycles. The smallest absolute Gasteiger partial charge is 0.162 e. The maximum atomic E-state index is 14.0. The zero-order chi connectivity index (χ0) is 17.6. The van der Waals surface area contributed by atoms with Crippen LogP contribution >= 0.6 is 11.9 Å². The monoisotopic (exact) mass is 370 g/mol. The lowest BCUT2D eigenvalue weighted by Crippen LogP contribution is -2.52. The molecule has 6 heteroatoms. The average molecular weight is 371 g/mol. The number of piperidine rings is 1. The van der Waals surface area contributed by atoms with Gasteiger partial charge in [0.15, 0.2) is 11.6 Å². The minimum absolute atomic E-state index is 0.106. The number of halogens is 2. The molecule has 0 radical (unpaired) electrons. The minimum Gasteiger partial charge on any atom is -0.377 e. The highest BCUT2D eigenvalue weighted by Gasteiger charge is 2.28. The SMILES string of the molecule is CSN[C@H]1CCCN[C@H]1COC1CCC(c2cccc(F)c2F)CC1. The van der Waals surface area contributed by atoms with Crippen LogP contribution in [-0.2, 0) is 4.74 Å². The minimum atomic E-state index is -0.744. The first-order valence-electron chi connectivity index (χ1n) is 9.26. The Kier molecular flexibility index (Phi) is 7.10. The van der Waals surface area contributed by atoms with E-state index in [1.165, 1.54) is 18.9 Å². The summed E-state index contributed by atoms with van der Waals surface area (Å²) in [7, 11) is 0. The second-order valence-corrected chi connectivity index (χ2v) is 7.73. The van der Waals surface area contributed by atoms with E-state index >= 15 is 0 Å². The van der Waals surface area contributed by atoms with Gasteiger partial charge in [-0.1, -0.05) is 24.1 Å². The van der Waals surface area contributed by atoms with Crippen LogP contribution in [0.2, 0.25) is 0 Å². The number of ether oxygens (including phenoxy) is 1. The van der Waals surface area contributed by atoms with Crippen molar-refractivity contribution in [3.8, 4) is 0 Å². The molecule has 0 spiro atoms. The second kappa shape index (κ2) is 9.31. The van der Waals surface area contributed by atoms with Gasteiger partial charge in [-0.25, -0.2) is 8.78 Å². The Morgan fingerprint density at radius 1 is 1.20 bits per heavy atom. The predicted molar refractivity (Wildman–Crippen MR) is 98.8 cm³/mol. The summed E-state index contributed by atoms with van der Waals surface area (Å²) in [6.07, 6.45) is 8.19. The molecule has 25 heavy (non-hydrogen) atoms. The van der Waals surface area contributed by atoms with Gasteiger partial charge in [-0.2, -0.15) is 0 Å². The van der Waals surface area contributed by atoms with Crippen molar-refractivity contribution in [1.29, 1.82) is 0 Å². The van der Waals surface area contributed by atoms with Crippen LogP contribution < -0.4 is 10.0 Å². The van der Waals surface area contributed by atoms with E-state index in [9.17, 15) is 8.78 Å². The largest absolute Gasteiger partial charge is 0.377 e. The third-order valence-corrected chi connectivity index (χ3v) is 6.00. The zero-order valence-corrected chi connectivity index (χ0v) is 15.6. The van der Waals surface area contributed by atoms with Crippen LogP contribution in [0.1, 0.15) is 50.0 Å². The summed E-state index contributed by atoms with van der Waals surface area (Å²) in [6.45, 7) is 1.76. The van der Waals surface area contributed by atoms with Crippen LogP contribution in [0.15, 0.2) is 18.2 Å². The predicted octanol–water partition coefficient (Wildman–Crippen LogP) is 4.00. The van der Waals surface area contributed by atoms with E-state index < -0.39 is 11.6 Å². The Bertz CT molecular complexity index is 550. The fourth-order valence-corrected chi connectivity index (χ4v) is 4.62. The quantitative estimate of drug-likeness (QED) is 0.742. The normalized spacial score (nSPS) is 30.4.